The number of hydrogen-bond donors (Lipinski definition) is 1. The van der Waals surface area contributed by atoms with Crippen molar-refractivity contribution >= 4 is 31.5 Å². The Hall–Kier alpha value is -0.550. The van der Waals surface area contributed by atoms with Gasteiger partial charge in [-0.15, -0.1) is 0 Å². The lowest BCUT2D eigenvalue weighted by atomic mass is 10.2. The molecule has 0 amide bonds. The molecule has 0 bridgehead atoms. The molecule has 1 aromatic carbocycles. The monoisotopic (exact) mass is 333 g/mol. The van der Waals surface area contributed by atoms with Crippen LogP contribution in [0.15, 0.2) is 21.5 Å². The minimum Gasteiger partial charge on any atom is -0.384 e. The van der Waals surface area contributed by atoms with Crippen LogP contribution in [0.5, 0.6) is 0 Å². The Balaban J connectivity index is 2.87. The van der Waals surface area contributed by atoms with Crippen LogP contribution in [0.25, 0.3) is 0 Å². The molecule has 3 nitrogen and oxygen atoms in total. The number of aryl methyl sites for hydroxylation is 1. The molecule has 0 saturated heterocycles. The molecule has 18 heavy (non-hydrogen) atoms. The highest BCUT2D eigenvalue weighted by molar-refractivity contribution is 9.10. The van der Waals surface area contributed by atoms with Crippen LogP contribution < -0.4 is 5.32 Å². The van der Waals surface area contributed by atoms with E-state index in [1.54, 1.807) is 6.07 Å². The maximum atomic E-state index is 11.6. The molecule has 102 valence electrons. The van der Waals surface area contributed by atoms with Crippen molar-refractivity contribution in [3.05, 3.63) is 22.2 Å². The van der Waals surface area contributed by atoms with Crippen LogP contribution in [0.1, 0.15) is 31.7 Å². The Morgan fingerprint density at radius 2 is 1.94 bits per heavy atom. The maximum absolute atomic E-state index is 11.6. The second kappa shape index (κ2) is 6.57. The zero-order chi connectivity index (χ0) is 13.8. The van der Waals surface area contributed by atoms with Gasteiger partial charge in [0.25, 0.3) is 0 Å². The van der Waals surface area contributed by atoms with E-state index in [-0.39, 0.29) is 0 Å². The molecule has 0 spiro atoms. The van der Waals surface area contributed by atoms with Crippen molar-refractivity contribution in [1.29, 1.82) is 0 Å². The Labute approximate surface area is 118 Å². The van der Waals surface area contributed by atoms with Gasteiger partial charge >= 0.3 is 0 Å². The summed E-state index contributed by atoms with van der Waals surface area (Å²) in [6.45, 7) is 4.89. The van der Waals surface area contributed by atoms with Gasteiger partial charge in [0, 0.05) is 23.0 Å². The molecule has 0 aliphatic rings. The standard InChI is InChI=1S/C13H20BrNO2S/c1-4-5-6-7-15-12-8-10(2)13(9-11(12)14)18(3,16)17/h8-9,15H,4-7H2,1-3H3. The van der Waals surface area contributed by atoms with Gasteiger partial charge in [0.2, 0.25) is 0 Å². The van der Waals surface area contributed by atoms with E-state index >= 15 is 0 Å². The molecule has 0 aromatic heterocycles. The van der Waals surface area contributed by atoms with E-state index in [4.69, 9.17) is 0 Å². The third kappa shape index (κ3) is 4.28. The first-order chi connectivity index (χ1) is 8.36. The normalized spacial score (nSPS) is 11.6. The van der Waals surface area contributed by atoms with Crippen molar-refractivity contribution < 1.29 is 8.42 Å². The fourth-order valence-electron chi connectivity index (χ4n) is 1.80. The van der Waals surface area contributed by atoms with Crippen molar-refractivity contribution in [3.63, 3.8) is 0 Å². The van der Waals surface area contributed by atoms with Crippen LogP contribution in [-0.4, -0.2) is 21.2 Å². The first kappa shape index (κ1) is 15.5. The first-order valence-electron chi connectivity index (χ1n) is 6.10. The summed E-state index contributed by atoms with van der Waals surface area (Å²) in [4.78, 5) is 0.383. The quantitative estimate of drug-likeness (QED) is 0.806. The average Bonchev–Trinajstić information content (AvgIpc) is 2.27. The van der Waals surface area contributed by atoms with Gasteiger partial charge in [-0.3, -0.25) is 0 Å². The summed E-state index contributed by atoms with van der Waals surface area (Å²) in [6, 6.07) is 3.55. The van der Waals surface area contributed by atoms with Crippen molar-refractivity contribution in [2.45, 2.75) is 38.0 Å². The molecule has 5 heteroatoms. The van der Waals surface area contributed by atoms with Crippen molar-refractivity contribution in [2.75, 3.05) is 18.1 Å². The zero-order valence-electron chi connectivity index (χ0n) is 11.1. The SMILES string of the molecule is CCCCCNc1cc(C)c(S(C)(=O)=O)cc1Br. The molecule has 1 N–H and O–H groups in total. The fraction of sp³-hybridized carbons (Fsp3) is 0.538. The van der Waals surface area contributed by atoms with Crippen LogP contribution in [0, 0.1) is 6.92 Å². The second-order valence-electron chi connectivity index (χ2n) is 4.50. The lowest BCUT2D eigenvalue weighted by Crippen LogP contribution is -2.05. The molecule has 0 aliphatic heterocycles. The van der Waals surface area contributed by atoms with E-state index in [1.807, 2.05) is 13.0 Å². The minimum absolute atomic E-state index is 0.383. The first-order valence-corrected chi connectivity index (χ1v) is 8.78. The van der Waals surface area contributed by atoms with E-state index in [2.05, 4.69) is 28.2 Å². The number of rotatable bonds is 6. The number of sulfone groups is 1. The number of unbranched alkanes of at least 4 members (excludes halogenated alkanes) is 2. The van der Waals surface area contributed by atoms with E-state index in [9.17, 15) is 8.42 Å². The highest BCUT2D eigenvalue weighted by atomic mass is 79.9. The third-order valence-corrected chi connectivity index (χ3v) is 4.65. The molecular formula is C13H20BrNO2S. The van der Waals surface area contributed by atoms with Crippen molar-refractivity contribution in [1.82, 2.24) is 0 Å². The molecule has 0 atom stereocenters. The summed E-state index contributed by atoms with van der Waals surface area (Å²) in [5, 5.41) is 3.33. The number of hydrogen-bond acceptors (Lipinski definition) is 3. The molecule has 0 fully saturated rings. The summed E-state index contributed by atoms with van der Waals surface area (Å²) in [7, 11) is -3.16. The van der Waals surface area contributed by atoms with E-state index in [0.717, 1.165) is 28.7 Å². The summed E-state index contributed by atoms with van der Waals surface area (Å²) in [5.41, 5.74) is 1.73. The number of benzene rings is 1. The Kier molecular flexibility index (Phi) is 5.66. The third-order valence-electron chi connectivity index (χ3n) is 2.76. The zero-order valence-corrected chi connectivity index (χ0v) is 13.5. The number of anilines is 1. The van der Waals surface area contributed by atoms with Crippen molar-refractivity contribution in [2.24, 2.45) is 0 Å². The Bertz CT molecular complexity index is 512. The molecule has 0 unspecified atom stereocenters. The van der Waals surface area contributed by atoms with Gasteiger partial charge in [-0.05, 0) is 47.0 Å². The van der Waals surface area contributed by atoms with E-state index < -0.39 is 9.84 Å². The summed E-state index contributed by atoms with van der Waals surface area (Å²) < 4.78 is 23.9. The highest BCUT2D eigenvalue weighted by Gasteiger charge is 2.13. The van der Waals surface area contributed by atoms with Gasteiger partial charge in [-0.25, -0.2) is 8.42 Å². The summed E-state index contributed by atoms with van der Waals surface area (Å²) >= 11 is 3.42. The van der Waals surface area contributed by atoms with Gasteiger partial charge in [-0.2, -0.15) is 0 Å². The average molecular weight is 334 g/mol. The van der Waals surface area contributed by atoms with Gasteiger partial charge < -0.3 is 5.32 Å². The van der Waals surface area contributed by atoms with Crippen LogP contribution >= 0.6 is 15.9 Å². The predicted molar refractivity (Wildman–Crippen MR) is 80.0 cm³/mol. The predicted octanol–water partition coefficient (Wildman–Crippen LogP) is 3.76. The Morgan fingerprint density at radius 3 is 2.50 bits per heavy atom. The van der Waals surface area contributed by atoms with Gasteiger partial charge in [-0.1, -0.05) is 19.8 Å². The van der Waals surface area contributed by atoms with Crippen LogP contribution in [0.4, 0.5) is 5.69 Å². The molecule has 0 radical (unpaired) electrons. The number of halogens is 1. The molecule has 0 saturated carbocycles. The summed E-state index contributed by atoms with van der Waals surface area (Å²) in [5.74, 6) is 0. The van der Waals surface area contributed by atoms with Crippen molar-refractivity contribution in [3.8, 4) is 0 Å². The van der Waals surface area contributed by atoms with E-state index in [0.29, 0.717) is 4.90 Å². The Morgan fingerprint density at radius 1 is 1.28 bits per heavy atom. The molecule has 0 aliphatic carbocycles. The highest BCUT2D eigenvalue weighted by Crippen LogP contribution is 2.28. The largest absolute Gasteiger partial charge is 0.384 e. The van der Waals surface area contributed by atoms with E-state index in [1.165, 1.54) is 19.1 Å². The molecular weight excluding hydrogens is 314 g/mol. The fourth-order valence-corrected chi connectivity index (χ4v) is 3.41. The maximum Gasteiger partial charge on any atom is 0.175 e. The molecule has 0 heterocycles. The van der Waals surface area contributed by atoms with Gasteiger partial charge in [0.1, 0.15) is 0 Å². The lowest BCUT2D eigenvalue weighted by molar-refractivity contribution is 0.601. The molecule has 1 aromatic rings. The topological polar surface area (TPSA) is 46.2 Å². The van der Waals surface area contributed by atoms with Gasteiger partial charge in [0.05, 0.1) is 4.90 Å². The summed E-state index contributed by atoms with van der Waals surface area (Å²) in [6.07, 6.45) is 4.74. The van der Waals surface area contributed by atoms with Crippen LogP contribution in [-0.2, 0) is 9.84 Å². The lowest BCUT2D eigenvalue weighted by Gasteiger charge is -2.12. The molecule has 1 rings (SSSR count). The number of nitrogens with one attached hydrogen (secondary N) is 1. The smallest absolute Gasteiger partial charge is 0.175 e. The van der Waals surface area contributed by atoms with Crippen LogP contribution in [0.2, 0.25) is 0 Å². The van der Waals surface area contributed by atoms with Gasteiger partial charge in [0.15, 0.2) is 9.84 Å². The van der Waals surface area contributed by atoms with Crippen LogP contribution in [0.3, 0.4) is 0 Å². The minimum atomic E-state index is -3.16. The second-order valence-corrected chi connectivity index (χ2v) is 7.34.